The number of sulfone groups is 1. The van der Waals surface area contributed by atoms with E-state index in [0.29, 0.717) is 13.0 Å². The number of hydrogen-bond donors (Lipinski definition) is 0. The van der Waals surface area contributed by atoms with Gasteiger partial charge in [0.15, 0.2) is 9.84 Å². The van der Waals surface area contributed by atoms with Gasteiger partial charge in [-0.15, -0.1) is 11.8 Å². The molecule has 2 unspecified atom stereocenters. The first-order valence-corrected chi connectivity index (χ1v) is 9.90. The highest BCUT2D eigenvalue weighted by molar-refractivity contribution is 8.00. The van der Waals surface area contributed by atoms with Crippen molar-refractivity contribution in [3.05, 3.63) is 0 Å². The van der Waals surface area contributed by atoms with Crippen molar-refractivity contribution in [1.29, 1.82) is 0 Å². The van der Waals surface area contributed by atoms with Gasteiger partial charge < -0.3 is 4.90 Å². The van der Waals surface area contributed by atoms with Crippen LogP contribution in [0.5, 0.6) is 0 Å². The Morgan fingerprint density at radius 3 is 2.58 bits per heavy atom. The third-order valence-corrected chi connectivity index (χ3v) is 6.46. The molecular weight excluding hydrogens is 282 g/mol. The summed E-state index contributed by atoms with van der Waals surface area (Å²) >= 11 is 1.67. The van der Waals surface area contributed by atoms with E-state index < -0.39 is 9.84 Å². The highest BCUT2D eigenvalue weighted by atomic mass is 32.2. The first kappa shape index (κ1) is 16.8. The lowest BCUT2D eigenvalue weighted by Gasteiger charge is -2.29. The molecule has 19 heavy (non-hydrogen) atoms. The molecule has 1 amide bonds. The lowest BCUT2D eigenvalue weighted by atomic mass is 10.2. The first-order valence-electron chi connectivity index (χ1n) is 7.03. The van der Waals surface area contributed by atoms with E-state index >= 15 is 0 Å². The minimum absolute atomic E-state index is 0.0743. The fraction of sp³-hybridized carbons (Fsp3) is 0.923. The molecule has 1 rings (SSSR count). The van der Waals surface area contributed by atoms with Crippen molar-refractivity contribution < 1.29 is 13.2 Å². The molecule has 0 aromatic heterocycles. The number of carbonyl (C=O) groups excluding carboxylic acids is 1. The maximum absolute atomic E-state index is 12.4. The Kier molecular flexibility index (Phi) is 6.66. The van der Waals surface area contributed by atoms with Gasteiger partial charge in [-0.2, -0.15) is 0 Å². The normalized spacial score (nSPS) is 23.2. The number of amides is 1. The summed E-state index contributed by atoms with van der Waals surface area (Å²) in [5, 5.41) is -0.0743. The Balaban J connectivity index is 2.57. The molecule has 1 saturated heterocycles. The minimum Gasteiger partial charge on any atom is -0.338 e. The molecule has 1 aliphatic rings. The van der Waals surface area contributed by atoms with Crippen molar-refractivity contribution in [3.63, 3.8) is 0 Å². The molecule has 0 bridgehead atoms. The van der Waals surface area contributed by atoms with Crippen molar-refractivity contribution in [3.8, 4) is 0 Å². The van der Waals surface area contributed by atoms with Crippen LogP contribution in [0.4, 0.5) is 0 Å². The lowest BCUT2D eigenvalue weighted by Crippen LogP contribution is -2.44. The Labute approximate surface area is 121 Å². The summed E-state index contributed by atoms with van der Waals surface area (Å²) in [6.45, 7) is 6.58. The third kappa shape index (κ3) is 4.99. The summed E-state index contributed by atoms with van der Waals surface area (Å²) in [7, 11) is -2.93. The number of unbranched alkanes of at least 4 members (excludes halogenated alkanes) is 1. The van der Waals surface area contributed by atoms with Crippen LogP contribution in [0.1, 0.15) is 40.0 Å². The van der Waals surface area contributed by atoms with Crippen molar-refractivity contribution in [2.24, 2.45) is 0 Å². The predicted molar refractivity (Wildman–Crippen MR) is 81.3 cm³/mol. The monoisotopic (exact) mass is 307 g/mol. The summed E-state index contributed by atoms with van der Waals surface area (Å²) in [6.07, 6.45) is 2.84. The molecular formula is C13H25NO3S2. The maximum atomic E-state index is 12.4. The molecule has 0 saturated carbocycles. The Morgan fingerprint density at radius 1 is 1.42 bits per heavy atom. The zero-order valence-corrected chi connectivity index (χ0v) is 13.7. The summed E-state index contributed by atoms with van der Waals surface area (Å²) in [5.41, 5.74) is 0. The van der Waals surface area contributed by atoms with E-state index in [4.69, 9.17) is 0 Å². The van der Waals surface area contributed by atoms with Gasteiger partial charge in [-0.25, -0.2) is 8.42 Å². The van der Waals surface area contributed by atoms with Gasteiger partial charge in [0.05, 0.1) is 16.8 Å². The molecule has 1 aliphatic heterocycles. The van der Waals surface area contributed by atoms with Crippen LogP contribution in [0.15, 0.2) is 0 Å². The summed E-state index contributed by atoms with van der Waals surface area (Å²) in [4.78, 5) is 14.1. The average molecular weight is 307 g/mol. The number of hydrogen-bond acceptors (Lipinski definition) is 4. The molecule has 0 aliphatic carbocycles. The molecule has 2 atom stereocenters. The molecule has 0 spiro atoms. The van der Waals surface area contributed by atoms with Crippen LogP contribution in [0, 0.1) is 0 Å². The lowest BCUT2D eigenvalue weighted by molar-refractivity contribution is -0.131. The van der Waals surface area contributed by atoms with Gasteiger partial charge in [0.1, 0.15) is 0 Å². The second kappa shape index (κ2) is 7.53. The van der Waals surface area contributed by atoms with Crippen LogP contribution in [-0.4, -0.2) is 54.3 Å². The second-order valence-corrected chi connectivity index (χ2v) is 8.73. The zero-order valence-electron chi connectivity index (χ0n) is 12.1. The van der Waals surface area contributed by atoms with Gasteiger partial charge in [-0.05, 0) is 32.4 Å². The molecule has 0 radical (unpaired) electrons. The number of nitrogens with zero attached hydrogens (tertiary/aromatic N) is 1. The van der Waals surface area contributed by atoms with E-state index in [2.05, 4.69) is 6.92 Å². The molecule has 0 N–H and O–H groups in total. The van der Waals surface area contributed by atoms with Crippen LogP contribution in [0.3, 0.4) is 0 Å². The smallest absolute Gasteiger partial charge is 0.235 e. The molecule has 0 aromatic carbocycles. The molecule has 1 fully saturated rings. The fourth-order valence-corrected chi connectivity index (χ4v) is 5.14. The summed E-state index contributed by atoms with van der Waals surface area (Å²) in [5.74, 6) is 1.44. The van der Waals surface area contributed by atoms with Crippen molar-refractivity contribution in [1.82, 2.24) is 4.90 Å². The predicted octanol–water partition coefficient (Wildman–Crippen LogP) is 1.94. The topological polar surface area (TPSA) is 54.5 Å². The first-order chi connectivity index (χ1) is 8.91. The van der Waals surface area contributed by atoms with Crippen LogP contribution in [-0.2, 0) is 14.6 Å². The SMILES string of the molecule is CCCCSC(C)C(=O)N(CC)C1CCS(=O)(=O)C1. The van der Waals surface area contributed by atoms with Crippen LogP contribution in [0.25, 0.3) is 0 Å². The highest BCUT2D eigenvalue weighted by Crippen LogP contribution is 2.22. The Hall–Kier alpha value is -0.230. The standard InChI is InChI=1S/C13H25NO3S2/c1-4-6-8-18-11(3)13(15)14(5-2)12-7-9-19(16,17)10-12/h11-12H,4-10H2,1-3H3. The Bertz CT molecular complexity index is 395. The molecule has 4 nitrogen and oxygen atoms in total. The number of rotatable bonds is 7. The molecule has 1 heterocycles. The van der Waals surface area contributed by atoms with Crippen molar-refractivity contribution in [2.45, 2.75) is 51.3 Å². The van der Waals surface area contributed by atoms with E-state index in [1.807, 2.05) is 13.8 Å². The van der Waals surface area contributed by atoms with E-state index in [-0.39, 0.29) is 28.7 Å². The number of carbonyl (C=O) groups is 1. The van der Waals surface area contributed by atoms with Crippen molar-refractivity contribution >= 4 is 27.5 Å². The number of thioether (sulfide) groups is 1. The maximum Gasteiger partial charge on any atom is 0.235 e. The third-order valence-electron chi connectivity index (χ3n) is 3.49. The average Bonchev–Trinajstić information content (AvgIpc) is 2.70. The fourth-order valence-electron chi connectivity index (χ4n) is 2.32. The van der Waals surface area contributed by atoms with Gasteiger partial charge in [0.2, 0.25) is 5.91 Å². The second-order valence-electron chi connectivity index (χ2n) is 5.05. The zero-order chi connectivity index (χ0) is 14.5. The van der Waals surface area contributed by atoms with Gasteiger partial charge in [-0.3, -0.25) is 4.79 Å². The van der Waals surface area contributed by atoms with Gasteiger partial charge >= 0.3 is 0 Å². The van der Waals surface area contributed by atoms with Gasteiger partial charge in [0.25, 0.3) is 0 Å². The summed E-state index contributed by atoms with van der Waals surface area (Å²) in [6, 6.07) is -0.114. The highest BCUT2D eigenvalue weighted by Gasteiger charge is 2.35. The quantitative estimate of drug-likeness (QED) is 0.675. The van der Waals surface area contributed by atoms with Crippen LogP contribution < -0.4 is 0 Å². The van der Waals surface area contributed by atoms with Crippen LogP contribution >= 0.6 is 11.8 Å². The van der Waals surface area contributed by atoms with Gasteiger partial charge in [0, 0.05) is 12.6 Å². The van der Waals surface area contributed by atoms with Crippen molar-refractivity contribution in [2.75, 3.05) is 23.8 Å². The van der Waals surface area contributed by atoms with E-state index in [0.717, 1.165) is 18.6 Å². The summed E-state index contributed by atoms with van der Waals surface area (Å²) < 4.78 is 23.0. The molecule has 6 heteroatoms. The van der Waals surface area contributed by atoms with E-state index in [9.17, 15) is 13.2 Å². The molecule has 0 aromatic rings. The van der Waals surface area contributed by atoms with Crippen LogP contribution in [0.2, 0.25) is 0 Å². The Morgan fingerprint density at radius 2 is 2.11 bits per heavy atom. The molecule has 112 valence electrons. The largest absolute Gasteiger partial charge is 0.338 e. The van der Waals surface area contributed by atoms with E-state index in [1.165, 1.54) is 0 Å². The van der Waals surface area contributed by atoms with Gasteiger partial charge in [-0.1, -0.05) is 13.3 Å². The minimum atomic E-state index is -2.93. The van der Waals surface area contributed by atoms with E-state index in [1.54, 1.807) is 16.7 Å².